The van der Waals surface area contributed by atoms with Gasteiger partial charge in [-0.05, 0) is 44.2 Å². The molecule has 0 amide bonds. The van der Waals surface area contributed by atoms with Crippen LogP contribution in [0.3, 0.4) is 0 Å². The number of rotatable bonds is 5. The number of amidine groups is 1. The molecule has 1 aliphatic heterocycles. The van der Waals surface area contributed by atoms with Crippen molar-refractivity contribution in [3.8, 4) is 5.75 Å². The van der Waals surface area contributed by atoms with Crippen molar-refractivity contribution in [3.63, 3.8) is 0 Å². The number of benzene rings is 2. The average molecular weight is 423 g/mol. The lowest BCUT2D eigenvalue weighted by molar-refractivity contribution is 0.411. The Balaban J connectivity index is 1.90. The first-order valence-corrected chi connectivity index (χ1v) is 9.75. The van der Waals surface area contributed by atoms with E-state index in [0.29, 0.717) is 10.6 Å². The zero-order chi connectivity index (χ0) is 18.0. The SMILES string of the molecule is COc1ccc(Br)cc1CSc1c(F)cccc1C1=NC(C)(C)CN1. The van der Waals surface area contributed by atoms with E-state index >= 15 is 0 Å². The molecule has 0 aliphatic carbocycles. The monoisotopic (exact) mass is 422 g/mol. The quantitative estimate of drug-likeness (QED) is 0.686. The molecule has 132 valence electrons. The molecular formula is C19H20BrFN2OS. The van der Waals surface area contributed by atoms with Gasteiger partial charge in [-0.25, -0.2) is 4.39 Å². The molecule has 2 aromatic rings. The standard InChI is InChI=1S/C19H20BrFN2OS/c1-19(2)11-22-18(23-19)14-5-4-6-15(21)17(14)25-10-12-9-13(20)7-8-16(12)24-3/h4-9H,10-11H2,1-3H3,(H,22,23). The first-order chi connectivity index (χ1) is 11.9. The zero-order valence-corrected chi connectivity index (χ0v) is 16.8. The van der Waals surface area contributed by atoms with Gasteiger partial charge in [0.05, 0.1) is 17.5 Å². The average Bonchev–Trinajstić information content (AvgIpc) is 2.93. The highest BCUT2D eigenvalue weighted by atomic mass is 79.9. The molecule has 0 saturated carbocycles. The Morgan fingerprint density at radius 3 is 2.80 bits per heavy atom. The van der Waals surface area contributed by atoms with E-state index in [2.05, 4.69) is 40.1 Å². The van der Waals surface area contributed by atoms with Crippen LogP contribution in [0.1, 0.15) is 25.0 Å². The normalized spacial score (nSPS) is 15.6. The smallest absolute Gasteiger partial charge is 0.137 e. The molecule has 2 aromatic carbocycles. The summed E-state index contributed by atoms with van der Waals surface area (Å²) < 4.78 is 20.9. The molecule has 0 spiro atoms. The van der Waals surface area contributed by atoms with Crippen LogP contribution in [0.2, 0.25) is 0 Å². The third-order valence-corrected chi connectivity index (χ3v) is 5.59. The van der Waals surface area contributed by atoms with E-state index in [1.54, 1.807) is 13.2 Å². The minimum absolute atomic E-state index is 0.170. The number of ether oxygens (including phenoxy) is 1. The van der Waals surface area contributed by atoms with Crippen molar-refractivity contribution in [1.29, 1.82) is 0 Å². The minimum Gasteiger partial charge on any atom is -0.496 e. The molecular weight excluding hydrogens is 403 g/mol. The lowest BCUT2D eigenvalue weighted by Gasteiger charge is -2.13. The van der Waals surface area contributed by atoms with Gasteiger partial charge in [-0.3, -0.25) is 4.99 Å². The largest absolute Gasteiger partial charge is 0.496 e. The van der Waals surface area contributed by atoms with E-state index in [1.807, 2.05) is 24.3 Å². The van der Waals surface area contributed by atoms with E-state index in [-0.39, 0.29) is 11.4 Å². The van der Waals surface area contributed by atoms with Crippen LogP contribution < -0.4 is 10.1 Å². The lowest BCUT2D eigenvalue weighted by Crippen LogP contribution is -2.26. The van der Waals surface area contributed by atoms with Crippen LogP contribution >= 0.6 is 27.7 Å². The summed E-state index contributed by atoms with van der Waals surface area (Å²) in [6.07, 6.45) is 0. The highest BCUT2D eigenvalue weighted by Gasteiger charge is 2.26. The first kappa shape index (κ1) is 18.3. The van der Waals surface area contributed by atoms with Crippen molar-refractivity contribution >= 4 is 33.5 Å². The lowest BCUT2D eigenvalue weighted by atomic mass is 10.1. The molecule has 0 fully saturated rings. The Bertz CT molecular complexity index is 823. The van der Waals surface area contributed by atoms with Crippen molar-refractivity contribution in [2.45, 2.75) is 30.0 Å². The van der Waals surface area contributed by atoms with Crippen molar-refractivity contribution in [2.75, 3.05) is 13.7 Å². The fraction of sp³-hybridized carbons (Fsp3) is 0.316. The van der Waals surface area contributed by atoms with Gasteiger partial charge in [0.2, 0.25) is 0 Å². The van der Waals surface area contributed by atoms with E-state index in [0.717, 1.165) is 33.7 Å². The molecule has 3 nitrogen and oxygen atoms in total. The highest BCUT2D eigenvalue weighted by Crippen LogP contribution is 2.34. The molecule has 0 aromatic heterocycles. The summed E-state index contributed by atoms with van der Waals surface area (Å²) in [7, 11) is 1.64. The van der Waals surface area contributed by atoms with Gasteiger partial charge in [0, 0.05) is 27.9 Å². The third-order valence-electron chi connectivity index (χ3n) is 3.94. The van der Waals surface area contributed by atoms with Crippen LogP contribution in [-0.4, -0.2) is 25.0 Å². The van der Waals surface area contributed by atoms with Crippen LogP contribution in [-0.2, 0) is 5.75 Å². The van der Waals surface area contributed by atoms with Crippen LogP contribution in [0.4, 0.5) is 4.39 Å². The van der Waals surface area contributed by atoms with Crippen molar-refractivity contribution in [1.82, 2.24) is 5.32 Å². The predicted octanol–water partition coefficient (Wildman–Crippen LogP) is 5.02. The third kappa shape index (κ3) is 4.18. The maximum atomic E-state index is 14.5. The molecule has 25 heavy (non-hydrogen) atoms. The van der Waals surface area contributed by atoms with Crippen LogP contribution in [0.25, 0.3) is 0 Å². The van der Waals surface area contributed by atoms with Gasteiger partial charge in [-0.1, -0.05) is 22.0 Å². The Hall–Kier alpha value is -1.53. The second-order valence-electron chi connectivity index (χ2n) is 6.49. The van der Waals surface area contributed by atoms with E-state index in [1.165, 1.54) is 17.8 Å². The minimum atomic E-state index is -0.231. The van der Waals surface area contributed by atoms with Crippen LogP contribution in [0.5, 0.6) is 5.75 Å². The van der Waals surface area contributed by atoms with Gasteiger partial charge in [0.1, 0.15) is 17.4 Å². The van der Waals surface area contributed by atoms with Gasteiger partial charge in [0.15, 0.2) is 0 Å². The van der Waals surface area contributed by atoms with Crippen LogP contribution in [0.15, 0.2) is 50.8 Å². The van der Waals surface area contributed by atoms with Crippen LogP contribution in [0, 0.1) is 5.82 Å². The van der Waals surface area contributed by atoms with Crippen molar-refractivity contribution < 1.29 is 9.13 Å². The molecule has 0 unspecified atom stereocenters. The van der Waals surface area contributed by atoms with Gasteiger partial charge >= 0.3 is 0 Å². The van der Waals surface area contributed by atoms with E-state index in [9.17, 15) is 4.39 Å². The number of halogens is 2. The highest BCUT2D eigenvalue weighted by molar-refractivity contribution is 9.10. The molecule has 0 saturated heterocycles. The first-order valence-electron chi connectivity index (χ1n) is 7.97. The van der Waals surface area contributed by atoms with Crippen molar-refractivity contribution in [2.24, 2.45) is 4.99 Å². The summed E-state index contributed by atoms with van der Waals surface area (Å²) in [5.74, 6) is 1.93. The Labute approximate surface area is 160 Å². The number of nitrogens with zero attached hydrogens (tertiary/aromatic N) is 1. The van der Waals surface area contributed by atoms with E-state index < -0.39 is 0 Å². The van der Waals surface area contributed by atoms with E-state index in [4.69, 9.17) is 4.74 Å². The summed E-state index contributed by atoms with van der Waals surface area (Å²) in [6, 6.07) is 11.0. The molecule has 6 heteroatoms. The molecule has 0 atom stereocenters. The van der Waals surface area contributed by atoms with Gasteiger partial charge < -0.3 is 10.1 Å². The molecule has 1 heterocycles. The maximum absolute atomic E-state index is 14.5. The number of methoxy groups -OCH3 is 1. The fourth-order valence-corrected chi connectivity index (χ4v) is 4.15. The van der Waals surface area contributed by atoms with Gasteiger partial charge in [0.25, 0.3) is 0 Å². The molecule has 0 bridgehead atoms. The Morgan fingerprint density at radius 2 is 2.12 bits per heavy atom. The fourth-order valence-electron chi connectivity index (χ4n) is 2.69. The number of nitrogens with one attached hydrogen (secondary N) is 1. The number of aliphatic imine (C=N–C) groups is 1. The summed E-state index contributed by atoms with van der Waals surface area (Å²) in [4.78, 5) is 5.29. The predicted molar refractivity (Wildman–Crippen MR) is 105 cm³/mol. The van der Waals surface area contributed by atoms with Gasteiger partial charge in [-0.15, -0.1) is 11.8 Å². The Kier molecular flexibility index (Phi) is 5.39. The topological polar surface area (TPSA) is 33.6 Å². The van der Waals surface area contributed by atoms with Gasteiger partial charge in [-0.2, -0.15) is 0 Å². The summed E-state index contributed by atoms with van der Waals surface area (Å²) in [5, 5.41) is 3.30. The molecule has 1 N–H and O–H groups in total. The number of thioether (sulfide) groups is 1. The summed E-state index contributed by atoms with van der Waals surface area (Å²) in [5.41, 5.74) is 1.65. The number of hydrogen-bond donors (Lipinski definition) is 1. The second-order valence-corrected chi connectivity index (χ2v) is 8.39. The molecule has 1 aliphatic rings. The Morgan fingerprint density at radius 1 is 1.32 bits per heavy atom. The second kappa shape index (κ2) is 7.38. The molecule has 3 rings (SSSR count). The molecule has 0 radical (unpaired) electrons. The summed E-state index contributed by atoms with van der Waals surface area (Å²) in [6.45, 7) is 4.87. The van der Waals surface area contributed by atoms with Crippen molar-refractivity contribution in [3.05, 3.63) is 57.8 Å². The number of hydrogen-bond acceptors (Lipinski definition) is 4. The summed E-state index contributed by atoms with van der Waals surface area (Å²) >= 11 is 4.93. The zero-order valence-electron chi connectivity index (χ0n) is 14.4. The maximum Gasteiger partial charge on any atom is 0.137 e.